The number of Topliss-reactive ketones (excluding diaryl/α,β-unsaturated/α-hetero) is 1. The van der Waals surface area contributed by atoms with Gasteiger partial charge >= 0.3 is 6.18 Å². The van der Waals surface area contributed by atoms with Gasteiger partial charge in [-0.2, -0.15) is 13.2 Å². The van der Waals surface area contributed by atoms with E-state index in [-0.39, 0.29) is 18.6 Å². The summed E-state index contributed by atoms with van der Waals surface area (Å²) in [6.07, 6.45) is -5.26. The van der Waals surface area contributed by atoms with Crippen LogP contribution in [0, 0.1) is 0 Å². The molecule has 0 fully saturated rings. The molecular formula is C14H17F3O. The predicted octanol–water partition coefficient (Wildman–Crippen LogP) is 4.27. The van der Waals surface area contributed by atoms with E-state index >= 15 is 0 Å². The highest BCUT2D eigenvalue weighted by Crippen LogP contribution is 2.28. The molecule has 4 heteroatoms. The second kappa shape index (κ2) is 5.55. The molecule has 0 amide bonds. The van der Waals surface area contributed by atoms with Gasteiger partial charge in [0.1, 0.15) is 5.78 Å². The van der Waals surface area contributed by atoms with E-state index in [2.05, 4.69) is 0 Å². The van der Waals surface area contributed by atoms with Crippen molar-refractivity contribution >= 4 is 5.78 Å². The van der Waals surface area contributed by atoms with E-state index in [9.17, 15) is 18.0 Å². The molecule has 0 radical (unpaired) electrons. The quantitative estimate of drug-likeness (QED) is 0.771. The van der Waals surface area contributed by atoms with Gasteiger partial charge in [-0.3, -0.25) is 4.79 Å². The summed E-state index contributed by atoms with van der Waals surface area (Å²) < 4.78 is 36.0. The Morgan fingerprint density at radius 3 is 2.17 bits per heavy atom. The Balaban J connectivity index is 2.61. The van der Waals surface area contributed by atoms with E-state index in [1.165, 1.54) is 0 Å². The minimum Gasteiger partial charge on any atom is -0.299 e. The highest BCUT2D eigenvalue weighted by atomic mass is 19.4. The molecule has 0 aliphatic heterocycles. The van der Waals surface area contributed by atoms with E-state index in [4.69, 9.17) is 0 Å². The molecule has 0 atom stereocenters. The van der Waals surface area contributed by atoms with Crippen LogP contribution in [0.3, 0.4) is 0 Å². The molecule has 0 N–H and O–H groups in total. The molecule has 0 saturated heterocycles. The van der Waals surface area contributed by atoms with Crippen LogP contribution >= 0.6 is 0 Å². The maximum absolute atomic E-state index is 12.0. The van der Waals surface area contributed by atoms with Crippen molar-refractivity contribution in [3.05, 3.63) is 35.9 Å². The number of benzene rings is 1. The van der Waals surface area contributed by atoms with Crippen LogP contribution in [0.5, 0.6) is 0 Å². The average Bonchev–Trinajstić information content (AvgIpc) is 2.28. The Hall–Kier alpha value is -1.32. The number of rotatable bonds is 5. The number of hydrogen-bond donors (Lipinski definition) is 0. The lowest BCUT2D eigenvalue weighted by molar-refractivity contribution is -0.137. The zero-order valence-corrected chi connectivity index (χ0v) is 10.6. The molecule has 0 heterocycles. The third-order valence-corrected chi connectivity index (χ3v) is 3.06. The largest absolute Gasteiger partial charge is 0.389 e. The molecule has 100 valence electrons. The molecule has 0 bridgehead atoms. The standard InChI is InChI=1S/C14H17F3O/c1-13(2,11-7-4-3-5-8-11)12(18)9-6-10-14(15,16)17/h3-5,7-8H,6,9-10H2,1-2H3. The van der Waals surface area contributed by atoms with Crippen molar-refractivity contribution < 1.29 is 18.0 Å². The molecule has 0 spiro atoms. The topological polar surface area (TPSA) is 17.1 Å². The van der Waals surface area contributed by atoms with Crippen LogP contribution in [-0.4, -0.2) is 12.0 Å². The van der Waals surface area contributed by atoms with E-state index in [1.54, 1.807) is 13.8 Å². The minimum atomic E-state index is -4.18. The monoisotopic (exact) mass is 258 g/mol. The maximum atomic E-state index is 12.0. The Labute approximate surface area is 105 Å². The van der Waals surface area contributed by atoms with Crippen LogP contribution in [0.15, 0.2) is 30.3 Å². The molecule has 1 nitrogen and oxygen atoms in total. The van der Waals surface area contributed by atoms with Crippen LogP contribution < -0.4 is 0 Å². The van der Waals surface area contributed by atoms with Crippen molar-refractivity contribution in [2.45, 2.75) is 44.7 Å². The summed E-state index contributed by atoms with van der Waals surface area (Å²) >= 11 is 0. The average molecular weight is 258 g/mol. The fraction of sp³-hybridized carbons (Fsp3) is 0.500. The van der Waals surface area contributed by atoms with Crippen molar-refractivity contribution in [1.29, 1.82) is 0 Å². The van der Waals surface area contributed by atoms with Gasteiger partial charge in [-0.15, -0.1) is 0 Å². The number of carbonyl (C=O) groups is 1. The van der Waals surface area contributed by atoms with Crippen molar-refractivity contribution in [1.82, 2.24) is 0 Å². The Bertz CT molecular complexity index is 393. The van der Waals surface area contributed by atoms with E-state index in [0.717, 1.165) is 5.56 Å². The number of alkyl halides is 3. The molecule has 0 saturated carbocycles. The first-order valence-electron chi connectivity index (χ1n) is 5.89. The molecule has 1 aromatic rings. The van der Waals surface area contributed by atoms with Crippen LogP contribution in [0.4, 0.5) is 13.2 Å². The molecule has 0 aromatic heterocycles. The molecule has 0 unspecified atom stereocenters. The fourth-order valence-electron chi connectivity index (χ4n) is 1.78. The van der Waals surface area contributed by atoms with Gasteiger partial charge in [0, 0.05) is 18.3 Å². The number of halogens is 3. The first kappa shape index (κ1) is 14.7. The maximum Gasteiger partial charge on any atom is 0.389 e. The fourth-order valence-corrected chi connectivity index (χ4v) is 1.78. The van der Waals surface area contributed by atoms with Gasteiger partial charge in [-0.1, -0.05) is 30.3 Å². The summed E-state index contributed by atoms with van der Waals surface area (Å²) in [6, 6.07) is 9.12. The Morgan fingerprint density at radius 2 is 1.67 bits per heavy atom. The zero-order chi connectivity index (χ0) is 13.8. The minimum absolute atomic E-state index is 0.0403. The highest BCUT2D eigenvalue weighted by Gasteiger charge is 2.31. The van der Waals surface area contributed by atoms with Crippen LogP contribution in [0.1, 0.15) is 38.7 Å². The summed E-state index contributed by atoms with van der Waals surface area (Å²) in [5.41, 5.74) is 0.106. The van der Waals surface area contributed by atoms with Crippen molar-refractivity contribution in [3.63, 3.8) is 0 Å². The lowest BCUT2D eigenvalue weighted by Gasteiger charge is -2.23. The molecule has 0 aliphatic rings. The van der Waals surface area contributed by atoms with E-state index in [0.29, 0.717) is 0 Å². The number of carbonyl (C=O) groups excluding carboxylic acids is 1. The van der Waals surface area contributed by atoms with Gasteiger partial charge in [0.2, 0.25) is 0 Å². The summed E-state index contributed by atoms with van der Waals surface area (Å²) in [5, 5.41) is 0. The lowest BCUT2D eigenvalue weighted by atomic mass is 9.79. The van der Waals surface area contributed by atoms with Crippen LogP contribution in [0.25, 0.3) is 0 Å². The van der Waals surface area contributed by atoms with Gasteiger partial charge in [0.15, 0.2) is 0 Å². The molecule has 1 aromatic carbocycles. The number of ketones is 1. The number of hydrogen-bond acceptors (Lipinski definition) is 1. The van der Waals surface area contributed by atoms with Gasteiger partial charge in [-0.05, 0) is 25.8 Å². The smallest absolute Gasteiger partial charge is 0.299 e. The van der Waals surface area contributed by atoms with Crippen molar-refractivity contribution in [2.75, 3.05) is 0 Å². The third kappa shape index (κ3) is 4.17. The van der Waals surface area contributed by atoms with Gasteiger partial charge < -0.3 is 0 Å². The van der Waals surface area contributed by atoms with Gasteiger partial charge in [-0.25, -0.2) is 0 Å². The zero-order valence-electron chi connectivity index (χ0n) is 10.6. The Kier molecular flexibility index (Phi) is 4.54. The van der Waals surface area contributed by atoms with Crippen LogP contribution in [-0.2, 0) is 10.2 Å². The van der Waals surface area contributed by atoms with E-state index in [1.807, 2.05) is 30.3 Å². The highest BCUT2D eigenvalue weighted by molar-refractivity contribution is 5.89. The van der Waals surface area contributed by atoms with Gasteiger partial charge in [0.05, 0.1) is 0 Å². The second-order valence-electron chi connectivity index (χ2n) is 4.88. The lowest BCUT2D eigenvalue weighted by Crippen LogP contribution is -2.29. The molecule has 0 aliphatic carbocycles. The molecule has 1 rings (SSSR count). The van der Waals surface area contributed by atoms with Crippen LogP contribution in [0.2, 0.25) is 0 Å². The Morgan fingerprint density at radius 1 is 1.11 bits per heavy atom. The first-order chi connectivity index (χ1) is 8.23. The van der Waals surface area contributed by atoms with E-state index < -0.39 is 18.0 Å². The molecular weight excluding hydrogens is 241 g/mol. The predicted molar refractivity (Wildman–Crippen MR) is 64.4 cm³/mol. The van der Waals surface area contributed by atoms with Crippen molar-refractivity contribution in [3.8, 4) is 0 Å². The summed E-state index contributed by atoms with van der Waals surface area (Å²) in [5.74, 6) is -0.155. The molecule has 18 heavy (non-hydrogen) atoms. The summed E-state index contributed by atoms with van der Waals surface area (Å²) in [4.78, 5) is 12.0. The SMILES string of the molecule is CC(C)(C(=O)CCCC(F)(F)F)c1ccccc1. The second-order valence-corrected chi connectivity index (χ2v) is 4.88. The first-order valence-corrected chi connectivity index (χ1v) is 5.89. The summed E-state index contributed by atoms with van der Waals surface area (Å²) in [7, 11) is 0. The van der Waals surface area contributed by atoms with Gasteiger partial charge in [0.25, 0.3) is 0 Å². The third-order valence-electron chi connectivity index (χ3n) is 3.06. The summed E-state index contributed by atoms with van der Waals surface area (Å²) in [6.45, 7) is 3.50. The normalized spacial score (nSPS) is 12.5. The van der Waals surface area contributed by atoms with Crippen molar-refractivity contribution in [2.24, 2.45) is 0 Å².